The molecule has 3 fully saturated rings. The van der Waals surface area contributed by atoms with Gasteiger partial charge in [-0.25, -0.2) is 0 Å². The van der Waals surface area contributed by atoms with Crippen LogP contribution in [0.5, 0.6) is 0 Å². The van der Waals surface area contributed by atoms with E-state index in [1.807, 2.05) is 0 Å². The molecule has 0 spiro atoms. The molecule has 2 nitrogen and oxygen atoms in total. The minimum atomic E-state index is 0.727. The molecule has 3 rings (SSSR count). The molecule has 110 valence electrons. The highest BCUT2D eigenvalue weighted by molar-refractivity contribution is 4.87. The molecule has 0 unspecified atom stereocenters. The maximum absolute atomic E-state index is 2.72. The van der Waals surface area contributed by atoms with Gasteiger partial charge in [0.2, 0.25) is 0 Å². The van der Waals surface area contributed by atoms with Gasteiger partial charge in [-0.2, -0.15) is 0 Å². The van der Waals surface area contributed by atoms with E-state index in [-0.39, 0.29) is 0 Å². The van der Waals surface area contributed by atoms with Crippen LogP contribution in [0.3, 0.4) is 0 Å². The first-order valence-electron chi connectivity index (χ1n) is 8.81. The van der Waals surface area contributed by atoms with E-state index in [1.165, 1.54) is 103 Å². The predicted octanol–water partition coefficient (Wildman–Crippen LogP) is 3.52. The third-order valence-electron chi connectivity index (χ3n) is 5.98. The molecule has 3 aliphatic rings. The largest absolute Gasteiger partial charge is 0.303 e. The molecule has 0 bridgehead atoms. The molecule has 0 amide bonds. The van der Waals surface area contributed by atoms with E-state index in [1.54, 1.807) is 0 Å². The fraction of sp³-hybridized carbons (Fsp3) is 1.00. The van der Waals surface area contributed by atoms with Gasteiger partial charge in [-0.15, -0.1) is 0 Å². The van der Waals surface area contributed by atoms with Gasteiger partial charge in [-0.1, -0.05) is 12.8 Å². The summed E-state index contributed by atoms with van der Waals surface area (Å²) < 4.78 is 0. The van der Waals surface area contributed by atoms with Gasteiger partial charge in [0, 0.05) is 0 Å². The van der Waals surface area contributed by atoms with Crippen molar-refractivity contribution in [1.29, 1.82) is 0 Å². The molecule has 2 saturated heterocycles. The molecule has 1 aliphatic carbocycles. The van der Waals surface area contributed by atoms with Crippen molar-refractivity contribution in [2.75, 3.05) is 39.3 Å². The zero-order valence-corrected chi connectivity index (χ0v) is 12.7. The Kier molecular flexibility index (Phi) is 4.81. The Morgan fingerprint density at radius 2 is 1.00 bits per heavy atom. The quantitative estimate of drug-likeness (QED) is 0.724. The van der Waals surface area contributed by atoms with Crippen molar-refractivity contribution in [1.82, 2.24) is 9.80 Å². The van der Waals surface area contributed by atoms with E-state index >= 15 is 0 Å². The van der Waals surface area contributed by atoms with Gasteiger partial charge < -0.3 is 9.80 Å². The summed E-state index contributed by atoms with van der Waals surface area (Å²) in [6.07, 6.45) is 14.8. The summed E-state index contributed by atoms with van der Waals surface area (Å²) >= 11 is 0. The van der Waals surface area contributed by atoms with Gasteiger partial charge in [0.05, 0.1) is 0 Å². The summed E-state index contributed by atoms with van der Waals surface area (Å²) in [5.41, 5.74) is 0.727. The van der Waals surface area contributed by atoms with Crippen LogP contribution < -0.4 is 0 Å². The van der Waals surface area contributed by atoms with Gasteiger partial charge in [-0.05, 0) is 96.1 Å². The molecule has 19 heavy (non-hydrogen) atoms. The minimum Gasteiger partial charge on any atom is -0.303 e. The first kappa shape index (κ1) is 13.9. The van der Waals surface area contributed by atoms with E-state index in [2.05, 4.69) is 9.80 Å². The zero-order chi connectivity index (χ0) is 13.0. The average molecular weight is 264 g/mol. The monoisotopic (exact) mass is 264 g/mol. The smallest absolute Gasteiger partial charge is 0.00134 e. The standard InChI is InChI=1S/C17H32N2/c1-2-8-17(7-1,9-15-18-11-3-4-12-18)10-16-19-13-5-6-14-19/h1-16H2. The summed E-state index contributed by atoms with van der Waals surface area (Å²) in [6.45, 7) is 8.29. The van der Waals surface area contributed by atoms with Crippen molar-refractivity contribution in [3.05, 3.63) is 0 Å². The maximum Gasteiger partial charge on any atom is -0.00134 e. The molecule has 0 aromatic heterocycles. The molecule has 0 aromatic carbocycles. The van der Waals surface area contributed by atoms with Crippen LogP contribution >= 0.6 is 0 Å². The second-order valence-corrected chi connectivity index (χ2v) is 7.30. The topological polar surface area (TPSA) is 6.48 Å². The van der Waals surface area contributed by atoms with Crippen LogP contribution in [-0.2, 0) is 0 Å². The van der Waals surface area contributed by atoms with Crippen LogP contribution in [0.1, 0.15) is 64.2 Å². The summed E-state index contributed by atoms with van der Waals surface area (Å²) in [4.78, 5) is 5.44. The van der Waals surface area contributed by atoms with Gasteiger partial charge in [0.1, 0.15) is 0 Å². The average Bonchev–Trinajstić information content (AvgIpc) is 3.17. The van der Waals surface area contributed by atoms with E-state index in [9.17, 15) is 0 Å². The second kappa shape index (κ2) is 6.58. The Balaban J connectivity index is 1.46. The molecule has 2 heteroatoms. The van der Waals surface area contributed by atoms with Crippen molar-refractivity contribution in [3.8, 4) is 0 Å². The fourth-order valence-corrected chi connectivity index (χ4v) is 4.55. The van der Waals surface area contributed by atoms with Crippen LogP contribution in [0.2, 0.25) is 0 Å². The second-order valence-electron chi connectivity index (χ2n) is 7.30. The lowest BCUT2D eigenvalue weighted by Gasteiger charge is -2.33. The molecule has 2 aliphatic heterocycles. The molecule has 0 atom stereocenters. The van der Waals surface area contributed by atoms with Crippen LogP contribution in [0.25, 0.3) is 0 Å². The summed E-state index contributed by atoms with van der Waals surface area (Å²) in [6, 6.07) is 0. The predicted molar refractivity (Wildman–Crippen MR) is 81.5 cm³/mol. The maximum atomic E-state index is 2.72. The third kappa shape index (κ3) is 3.72. The molecule has 1 saturated carbocycles. The first-order valence-corrected chi connectivity index (χ1v) is 8.81. The number of likely N-dealkylation sites (tertiary alicyclic amines) is 2. The number of nitrogens with zero attached hydrogens (tertiary/aromatic N) is 2. The Morgan fingerprint density at radius 1 is 0.579 bits per heavy atom. The van der Waals surface area contributed by atoms with E-state index in [0.717, 1.165) is 5.41 Å². The van der Waals surface area contributed by atoms with Crippen LogP contribution in [0.15, 0.2) is 0 Å². The molecular formula is C17H32N2. The fourth-order valence-electron chi connectivity index (χ4n) is 4.55. The van der Waals surface area contributed by atoms with Crippen LogP contribution in [0.4, 0.5) is 0 Å². The lowest BCUT2D eigenvalue weighted by Crippen LogP contribution is -2.31. The lowest BCUT2D eigenvalue weighted by atomic mass is 9.79. The first-order chi connectivity index (χ1) is 9.36. The van der Waals surface area contributed by atoms with E-state index in [4.69, 9.17) is 0 Å². The zero-order valence-electron chi connectivity index (χ0n) is 12.7. The number of rotatable bonds is 6. The van der Waals surface area contributed by atoms with Gasteiger partial charge in [0.25, 0.3) is 0 Å². The molecule has 0 aromatic rings. The van der Waals surface area contributed by atoms with Gasteiger partial charge in [0.15, 0.2) is 0 Å². The van der Waals surface area contributed by atoms with Crippen molar-refractivity contribution in [2.45, 2.75) is 64.2 Å². The molecule has 0 radical (unpaired) electrons. The van der Waals surface area contributed by atoms with E-state index in [0.29, 0.717) is 0 Å². The van der Waals surface area contributed by atoms with Crippen molar-refractivity contribution >= 4 is 0 Å². The van der Waals surface area contributed by atoms with Crippen molar-refractivity contribution in [3.63, 3.8) is 0 Å². The Hall–Kier alpha value is -0.0800. The lowest BCUT2D eigenvalue weighted by molar-refractivity contribution is 0.174. The Labute approximate surface area is 119 Å². The van der Waals surface area contributed by atoms with Crippen LogP contribution in [-0.4, -0.2) is 49.1 Å². The Morgan fingerprint density at radius 3 is 1.42 bits per heavy atom. The highest BCUT2D eigenvalue weighted by atomic mass is 15.1. The summed E-state index contributed by atoms with van der Waals surface area (Å²) in [5, 5.41) is 0. The SMILES string of the molecule is C1CCN(CCC2(CCN3CCCC3)CCCC2)C1. The summed E-state index contributed by atoms with van der Waals surface area (Å²) in [7, 11) is 0. The van der Waals surface area contributed by atoms with Crippen molar-refractivity contribution < 1.29 is 0 Å². The number of hydrogen-bond acceptors (Lipinski definition) is 2. The number of hydrogen-bond donors (Lipinski definition) is 0. The van der Waals surface area contributed by atoms with E-state index < -0.39 is 0 Å². The molecule has 2 heterocycles. The normalized spacial score (nSPS) is 28.4. The van der Waals surface area contributed by atoms with Crippen molar-refractivity contribution in [2.24, 2.45) is 5.41 Å². The Bertz CT molecular complexity index is 236. The summed E-state index contributed by atoms with van der Waals surface area (Å²) in [5.74, 6) is 0. The third-order valence-corrected chi connectivity index (χ3v) is 5.98. The molecular weight excluding hydrogens is 232 g/mol. The minimum absolute atomic E-state index is 0.727. The van der Waals surface area contributed by atoms with Gasteiger partial charge in [-0.3, -0.25) is 0 Å². The van der Waals surface area contributed by atoms with Gasteiger partial charge >= 0.3 is 0 Å². The highest BCUT2D eigenvalue weighted by Gasteiger charge is 2.34. The molecule has 0 N–H and O–H groups in total. The highest BCUT2D eigenvalue weighted by Crippen LogP contribution is 2.44. The van der Waals surface area contributed by atoms with Crippen LogP contribution in [0, 0.1) is 5.41 Å².